The molecule has 0 radical (unpaired) electrons. The number of benzene rings is 1. The number of nitrogens with zero attached hydrogens (tertiary/aromatic N) is 2. The van der Waals surface area contributed by atoms with Gasteiger partial charge in [0.05, 0.1) is 0 Å². The number of carbonyl (C=O) groups is 1. The van der Waals surface area contributed by atoms with Gasteiger partial charge in [0.2, 0.25) is 5.88 Å². The highest BCUT2D eigenvalue weighted by Crippen LogP contribution is 2.23. The molecule has 0 aliphatic carbocycles. The molecule has 6 nitrogen and oxygen atoms in total. The summed E-state index contributed by atoms with van der Waals surface area (Å²) < 4.78 is 17.7. The van der Waals surface area contributed by atoms with Crippen LogP contribution in [0.2, 0.25) is 0 Å². The molecule has 0 spiro atoms. The molecule has 2 N–H and O–H groups in total. The zero-order valence-corrected chi connectivity index (χ0v) is 10.8. The smallest absolute Gasteiger partial charge is 0.255 e. The Labute approximate surface area is 115 Å². The molecule has 0 fully saturated rings. The van der Waals surface area contributed by atoms with Crippen molar-refractivity contribution in [3.05, 3.63) is 36.7 Å². The maximum atomic E-state index is 12.1. The van der Waals surface area contributed by atoms with E-state index in [1.807, 2.05) is 0 Å². The van der Waals surface area contributed by atoms with Crippen molar-refractivity contribution in [2.24, 2.45) is 0 Å². The predicted molar refractivity (Wildman–Crippen MR) is 72.7 cm³/mol. The number of anilines is 2. The molecule has 104 valence electrons. The van der Waals surface area contributed by atoms with Gasteiger partial charge in [-0.15, -0.1) is 0 Å². The highest BCUT2D eigenvalue weighted by Gasteiger charge is 2.04. The zero-order valence-electron chi connectivity index (χ0n) is 10.8. The van der Waals surface area contributed by atoms with Gasteiger partial charge in [-0.05, 0) is 12.1 Å². The third-order valence-corrected chi connectivity index (χ3v) is 2.36. The maximum absolute atomic E-state index is 12.1. The lowest BCUT2D eigenvalue weighted by atomic mass is 10.3. The van der Waals surface area contributed by atoms with Crippen LogP contribution in [-0.2, 0) is 4.79 Å². The van der Waals surface area contributed by atoms with Crippen LogP contribution in [0.4, 0.5) is 15.9 Å². The number of nitrogens with one attached hydrogen (secondary N) is 2. The minimum atomic E-state index is -1.07. The summed E-state index contributed by atoms with van der Waals surface area (Å²) in [4.78, 5) is 18.9. The van der Waals surface area contributed by atoms with Gasteiger partial charge in [0.15, 0.2) is 6.67 Å². The van der Waals surface area contributed by atoms with Crippen molar-refractivity contribution in [1.29, 1.82) is 0 Å². The molecule has 0 atom stereocenters. The van der Waals surface area contributed by atoms with E-state index in [0.29, 0.717) is 23.1 Å². The van der Waals surface area contributed by atoms with Gasteiger partial charge in [0, 0.05) is 24.9 Å². The van der Waals surface area contributed by atoms with Crippen molar-refractivity contribution in [2.45, 2.75) is 0 Å². The summed E-state index contributed by atoms with van der Waals surface area (Å²) in [5.41, 5.74) is 0.452. The van der Waals surface area contributed by atoms with Crippen LogP contribution in [0.15, 0.2) is 36.7 Å². The second-order valence-electron chi connectivity index (χ2n) is 3.80. The van der Waals surface area contributed by atoms with Crippen molar-refractivity contribution in [3.8, 4) is 11.6 Å². The van der Waals surface area contributed by atoms with E-state index in [-0.39, 0.29) is 0 Å². The fourth-order valence-electron chi connectivity index (χ4n) is 1.48. The number of halogens is 1. The predicted octanol–water partition coefficient (Wildman–Crippen LogP) is 2.22. The van der Waals surface area contributed by atoms with Crippen molar-refractivity contribution < 1.29 is 13.9 Å². The molecular weight excluding hydrogens is 263 g/mol. The second kappa shape index (κ2) is 6.46. The molecule has 20 heavy (non-hydrogen) atoms. The van der Waals surface area contributed by atoms with Gasteiger partial charge < -0.3 is 15.4 Å². The lowest BCUT2D eigenvalue weighted by Crippen LogP contribution is -2.12. The Morgan fingerprint density at radius 3 is 2.95 bits per heavy atom. The molecule has 0 aliphatic heterocycles. The Morgan fingerprint density at radius 1 is 1.35 bits per heavy atom. The number of hydrogen-bond acceptors (Lipinski definition) is 5. The molecule has 2 aromatic rings. The molecule has 0 unspecified atom stereocenters. The first kappa shape index (κ1) is 13.7. The Hall–Kier alpha value is -2.70. The van der Waals surface area contributed by atoms with E-state index in [9.17, 15) is 9.18 Å². The highest BCUT2D eigenvalue weighted by atomic mass is 19.1. The van der Waals surface area contributed by atoms with Crippen LogP contribution in [0.3, 0.4) is 0 Å². The van der Waals surface area contributed by atoms with E-state index in [4.69, 9.17) is 4.74 Å². The van der Waals surface area contributed by atoms with Gasteiger partial charge in [-0.25, -0.2) is 14.4 Å². The topological polar surface area (TPSA) is 76.1 Å². The highest BCUT2D eigenvalue weighted by molar-refractivity contribution is 5.91. The third kappa shape index (κ3) is 3.64. The summed E-state index contributed by atoms with van der Waals surface area (Å²) >= 11 is 0. The fraction of sp³-hybridized carbons (Fsp3) is 0.154. The average Bonchev–Trinajstić information content (AvgIpc) is 2.47. The first-order valence-corrected chi connectivity index (χ1v) is 5.85. The van der Waals surface area contributed by atoms with E-state index in [1.165, 1.54) is 6.33 Å². The molecule has 1 aromatic heterocycles. The minimum Gasteiger partial charge on any atom is -0.439 e. The van der Waals surface area contributed by atoms with Crippen LogP contribution >= 0.6 is 0 Å². The standard InChI is InChI=1S/C13H13FN4O2/c1-15-11-6-13(17-8-16-11)20-10-4-2-3-9(5-10)18-12(19)7-14/h2-6,8H,7H2,1H3,(H,18,19)(H,15,16,17). The van der Waals surface area contributed by atoms with E-state index in [0.717, 1.165) is 0 Å². The molecule has 0 saturated heterocycles. The third-order valence-electron chi connectivity index (χ3n) is 2.36. The van der Waals surface area contributed by atoms with Gasteiger partial charge >= 0.3 is 0 Å². The van der Waals surface area contributed by atoms with E-state index in [1.54, 1.807) is 37.4 Å². The minimum absolute atomic E-state index is 0.360. The molecule has 0 aliphatic rings. The molecule has 0 saturated carbocycles. The first-order chi connectivity index (χ1) is 9.71. The number of ether oxygens (including phenoxy) is 1. The van der Waals surface area contributed by atoms with Gasteiger partial charge in [-0.1, -0.05) is 6.07 Å². The molecule has 1 amide bonds. The number of alkyl halides is 1. The summed E-state index contributed by atoms with van der Waals surface area (Å²) in [7, 11) is 1.74. The molecule has 1 aromatic carbocycles. The Bertz CT molecular complexity index is 606. The van der Waals surface area contributed by atoms with Gasteiger partial charge in [-0.2, -0.15) is 0 Å². The molecule has 0 bridgehead atoms. The van der Waals surface area contributed by atoms with Crippen LogP contribution < -0.4 is 15.4 Å². The summed E-state index contributed by atoms with van der Waals surface area (Å²) in [6.45, 7) is -1.07. The lowest BCUT2D eigenvalue weighted by molar-refractivity contribution is -0.117. The second-order valence-corrected chi connectivity index (χ2v) is 3.80. The molecule has 7 heteroatoms. The van der Waals surface area contributed by atoms with Gasteiger partial charge in [0.25, 0.3) is 5.91 Å². The quantitative estimate of drug-likeness (QED) is 0.875. The van der Waals surface area contributed by atoms with Crippen LogP contribution in [0.5, 0.6) is 11.6 Å². The average molecular weight is 276 g/mol. The number of hydrogen-bond donors (Lipinski definition) is 2. The summed E-state index contributed by atoms with van der Waals surface area (Å²) in [5, 5.41) is 5.27. The van der Waals surface area contributed by atoms with Crippen molar-refractivity contribution >= 4 is 17.4 Å². The SMILES string of the molecule is CNc1cc(Oc2cccc(NC(=O)CF)c2)ncn1. The Balaban J connectivity index is 2.12. The molecule has 2 rings (SSSR count). The Kier molecular flexibility index (Phi) is 4.43. The molecular formula is C13H13FN4O2. The van der Waals surface area contributed by atoms with Crippen molar-refractivity contribution in [3.63, 3.8) is 0 Å². The van der Waals surface area contributed by atoms with Crippen LogP contribution in [-0.4, -0.2) is 29.6 Å². The largest absolute Gasteiger partial charge is 0.439 e. The van der Waals surface area contributed by atoms with Crippen molar-refractivity contribution in [1.82, 2.24) is 9.97 Å². The van der Waals surface area contributed by atoms with Gasteiger partial charge in [0.1, 0.15) is 17.9 Å². The maximum Gasteiger partial charge on any atom is 0.255 e. The van der Waals surface area contributed by atoms with E-state index >= 15 is 0 Å². The molecule has 1 heterocycles. The van der Waals surface area contributed by atoms with E-state index < -0.39 is 12.6 Å². The first-order valence-electron chi connectivity index (χ1n) is 5.85. The summed E-state index contributed by atoms with van der Waals surface area (Å²) in [6.07, 6.45) is 1.37. The van der Waals surface area contributed by atoms with Crippen LogP contribution in [0, 0.1) is 0 Å². The Morgan fingerprint density at radius 2 is 2.20 bits per heavy atom. The van der Waals surface area contributed by atoms with Crippen molar-refractivity contribution in [2.75, 3.05) is 24.4 Å². The normalized spacial score (nSPS) is 9.90. The monoisotopic (exact) mass is 276 g/mol. The lowest BCUT2D eigenvalue weighted by Gasteiger charge is -2.08. The van der Waals surface area contributed by atoms with Crippen LogP contribution in [0.25, 0.3) is 0 Å². The van der Waals surface area contributed by atoms with Gasteiger partial charge in [-0.3, -0.25) is 4.79 Å². The number of amides is 1. The number of rotatable bonds is 5. The number of aromatic nitrogens is 2. The zero-order chi connectivity index (χ0) is 14.4. The number of carbonyl (C=O) groups excluding carboxylic acids is 1. The summed E-state index contributed by atoms with van der Waals surface area (Å²) in [6, 6.07) is 8.23. The van der Waals surface area contributed by atoms with E-state index in [2.05, 4.69) is 20.6 Å². The fourth-order valence-corrected chi connectivity index (χ4v) is 1.48. The summed E-state index contributed by atoms with van der Waals surface area (Å²) in [5.74, 6) is 0.749. The van der Waals surface area contributed by atoms with Crippen LogP contribution in [0.1, 0.15) is 0 Å².